The molecule has 0 aliphatic rings. The Morgan fingerprint density at radius 2 is 2.05 bits per heavy atom. The highest BCUT2D eigenvalue weighted by atomic mass is 19.3. The number of alkyl halides is 2. The first kappa shape index (κ1) is 16.2. The molecular formula is C16H18F2N2O2. The van der Waals surface area contributed by atoms with E-state index in [9.17, 15) is 8.78 Å². The van der Waals surface area contributed by atoms with Crippen LogP contribution in [0.25, 0.3) is 0 Å². The molecule has 1 aromatic heterocycles. The van der Waals surface area contributed by atoms with Crippen molar-refractivity contribution >= 4 is 0 Å². The number of pyridine rings is 1. The standard InChI is InChI=1S/C16H18F2N2O2/c1-21-14-6-5-12(10-15(14)22-16(17)18)11-19-9-7-13-4-2-3-8-20-13/h2-6,8,10,16,19H,7,9,11H2,1H3. The van der Waals surface area contributed by atoms with Gasteiger partial charge in [0.05, 0.1) is 7.11 Å². The van der Waals surface area contributed by atoms with E-state index in [1.165, 1.54) is 7.11 Å². The van der Waals surface area contributed by atoms with E-state index in [0.29, 0.717) is 6.54 Å². The van der Waals surface area contributed by atoms with Gasteiger partial charge in [-0.3, -0.25) is 4.98 Å². The molecule has 4 nitrogen and oxygen atoms in total. The molecule has 6 heteroatoms. The van der Waals surface area contributed by atoms with Crippen molar-refractivity contribution in [3.05, 3.63) is 53.9 Å². The Kier molecular flexibility index (Phi) is 6.09. The lowest BCUT2D eigenvalue weighted by Crippen LogP contribution is -2.17. The first-order valence-electron chi connectivity index (χ1n) is 6.91. The Labute approximate surface area is 128 Å². The summed E-state index contributed by atoms with van der Waals surface area (Å²) >= 11 is 0. The molecule has 1 N–H and O–H groups in total. The molecule has 22 heavy (non-hydrogen) atoms. The number of nitrogens with zero attached hydrogens (tertiary/aromatic N) is 1. The molecular weight excluding hydrogens is 290 g/mol. The zero-order valence-corrected chi connectivity index (χ0v) is 12.3. The Morgan fingerprint density at radius 1 is 1.18 bits per heavy atom. The van der Waals surface area contributed by atoms with Gasteiger partial charge in [0, 0.05) is 31.4 Å². The van der Waals surface area contributed by atoms with Gasteiger partial charge in [0.1, 0.15) is 0 Å². The zero-order chi connectivity index (χ0) is 15.8. The van der Waals surface area contributed by atoms with Crippen molar-refractivity contribution in [2.75, 3.05) is 13.7 Å². The van der Waals surface area contributed by atoms with Crippen molar-refractivity contribution in [3.8, 4) is 11.5 Å². The molecule has 0 atom stereocenters. The highest BCUT2D eigenvalue weighted by molar-refractivity contribution is 5.42. The van der Waals surface area contributed by atoms with Crippen LogP contribution in [0, 0.1) is 0 Å². The van der Waals surface area contributed by atoms with Gasteiger partial charge in [-0.2, -0.15) is 8.78 Å². The highest BCUT2D eigenvalue weighted by Crippen LogP contribution is 2.29. The van der Waals surface area contributed by atoms with Crippen LogP contribution in [0.15, 0.2) is 42.6 Å². The monoisotopic (exact) mass is 308 g/mol. The molecule has 0 fully saturated rings. The normalized spacial score (nSPS) is 10.7. The van der Waals surface area contributed by atoms with Crippen molar-refractivity contribution in [1.29, 1.82) is 0 Å². The largest absolute Gasteiger partial charge is 0.493 e. The fraction of sp³-hybridized carbons (Fsp3) is 0.312. The third kappa shape index (κ3) is 4.96. The average Bonchev–Trinajstić information content (AvgIpc) is 2.52. The van der Waals surface area contributed by atoms with Crippen LogP contribution in [0.5, 0.6) is 11.5 Å². The lowest BCUT2D eigenvalue weighted by atomic mass is 10.2. The van der Waals surface area contributed by atoms with Crippen molar-refractivity contribution < 1.29 is 18.3 Å². The number of ether oxygens (including phenoxy) is 2. The van der Waals surface area contributed by atoms with E-state index in [0.717, 1.165) is 24.2 Å². The fourth-order valence-corrected chi connectivity index (χ4v) is 2.01. The minimum absolute atomic E-state index is 0.0431. The predicted octanol–water partition coefficient (Wildman–Crippen LogP) is 3.02. The van der Waals surface area contributed by atoms with Crippen molar-refractivity contribution in [2.24, 2.45) is 0 Å². The van der Waals surface area contributed by atoms with E-state index >= 15 is 0 Å². The molecule has 118 valence electrons. The topological polar surface area (TPSA) is 43.4 Å². The highest BCUT2D eigenvalue weighted by Gasteiger charge is 2.11. The van der Waals surface area contributed by atoms with Gasteiger partial charge in [0.25, 0.3) is 0 Å². The van der Waals surface area contributed by atoms with Crippen molar-refractivity contribution in [2.45, 2.75) is 19.6 Å². The lowest BCUT2D eigenvalue weighted by molar-refractivity contribution is -0.0512. The molecule has 0 spiro atoms. The Morgan fingerprint density at radius 3 is 2.73 bits per heavy atom. The summed E-state index contributed by atoms with van der Waals surface area (Å²) in [6.45, 7) is -1.58. The van der Waals surface area contributed by atoms with Crippen LogP contribution in [-0.2, 0) is 13.0 Å². The van der Waals surface area contributed by atoms with Crippen LogP contribution >= 0.6 is 0 Å². The smallest absolute Gasteiger partial charge is 0.387 e. The van der Waals surface area contributed by atoms with Gasteiger partial charge in [-0.25, -0.2) is 0 Å². The molecule has 0 unspecified atom stereocenters. The van der Waals surface area contributed by atoms with Gasteiger partial charge in [-0.1, -0.05) is 12.1 Å². The lowest BCUT2D eigenvalue weighted by Gasteiger charge is -2.12. The molecule has 0 radical (unpaired) electrons. The third-order valence-electron chi connectivity index (χ3n) is 3.06. The van der Waals surface area contributed by atoms with Crippen molar-refractivity contribution in [3.63, 3.8) is 0 Å². The second kappa shape index (κ2) is 8.29. The molecule has 0 aliphatic carbocycles. The Bertz CT molecular complexity index is 580. The number of hydrogen-bond acceptors (Lipinski definition) is 4. The number of hydrogen-bond donors (Lipinski definition) is 1. The summed E-state index contributed by atoms with van der Waals surface area (Å²) in [4.78, 5) is 4.23. The van der Waals surface area contributed by atoms with Crippen LogP contribution in [0.4, 0.5) is 8.78 Å². The molecule has 0 aliphatic heterocycles. The summed E-state index contributed by atoms with van der Waals surface area (Å²) < 4.78 is 34.2. The van der Waals surface area contributed by atoms with Gasteiger partial charge in [0.15, 0.2) is 11.5 Å². The van der Waals surface area contributed by atoms with E-state index < -0.39 is 6.61 Å². The second-order valence-corrected chi connectivity index (χ2v) is 4.61. The number of rotatable bonds is 8. The van der Waals surface area contributed by atoms with Gasteiger partial charge in [0.2, 0.25) is 0 Å². The number of methoxy groups -OCH3 is 1. The SMILES string of the molecule is COc1ccc(CNCCc2ccccn2)cc1OC(F)F. The van der Waals surface area contributed by atoms with Gasteiger partial charge in [-0.05, 0) is 29.8 Å². The second-order valence-electron chi connectivity index (χ2n) is 4.61. The zero-order valence-electron chi connectivity index (χ0n) is 12.3. The number of halogens is 2. The van der Waals surface area contributed by atoms with Crippen molar-refractivity contribution in [1.82, 2.24) is 10.3 Å². The molecule has 2 aromatic rings. The first-order valence-corrected chi connectivity index (χ1v) is 6.91. The first-order chi connectivity index (χ1) is 10.7. The molecule has 1 heterocycles. The van der Waals surface area contributed by atoms with E-state index in [1.807, 2.05) is 24.3 Å². The summed E-state index contributed by atoms with van der Waals surface area (Å²) in [5, 5.41) is 3.24. The van der Waals surface area contributed by atoms with Gasteiger partial charge >= 0.3 is 6.61 Å². The molecule has 0 saturated heterocycles. The minimum Gasteiger partial charge on any atom is -0.493 e. The van der Waals surface area contributed by atoms with E-state index in [4.69, 9.17) is 4.74 Å². The van der Waals surface area contributed by atoms with Gasteiger partial charge in [-0.15, -0.1) is 0 Å². The van der Waals surface area contributed by atoms with Crippen LogP contribution in [0.2, 0.25) is 0 Å². The Hall–Kier alpha value is -2.21. The van der Waals surface area contributed by atoms with Crippen LogP contribution in [-0.4, -0.2) is 25.3 Å². The molecule has 2 rings (SSSR count). The number of benzene rings is 1. The van der Waals surface area contributed by atoms with Crippen LogP contribution < -0.4 is 14.8 Å². The van der Waals surface area contributed by atoms with Crippen LogP contribution in [0.3, 0.4) is 0 Å². The van der Waals surface area contributed by atoms with E-state index in [2.05, 4.69) is 15.0 Å². The van der Waals surface area contributed by atoms with Gasteiger partial charge < -0.3 is 14.8 Å². The Balaban J connectivity index is 1.87. The predicted molar refractivity (Wildman–Crippen MR) is 79.3 cm³/mol. The summed E-state index contributed by atoms with van der Waals surface area (Å²) in [7, 11) is 1.42. The average molecular weight is 308 g/mol. The molecule has 0 amide bonds. The van der Waals surface area contributed by atoms with E-state index in [-0.39, 0.29) is 11.5 Å². The summed E-state index contributed by atoms with van der Waals surface area (Å²) in [5.41, 5.74) is 1.85. The summed E-state index contributed by atoms with van der Waals surface area (Å²) in [6.07, 6.45) is 2.56. The van der Waals surface area contributed by atoms with Crippen LogP contribution in [0.1, 0.15) is 11.3 Å². The maximum absolute atomic E-state index is 12.4. The molecule has 1 aromatic carbocycles. The molecule has 0 bridgehead atoms. The quantitative estimate of drug-likeness (QED) is 0.761. The maximum atomic E-state index is 12.4. The maximum Gasteiger partial charge on any atom is 0.387 e. The summed E-state index contributed by atoms with van der Waals surface area (Å²) in [5.74, 6) is 0.332. The molecule has 0 saturated carbocycles. The minimum atomic E-state index is -2.87. The number of nitrogens with one attached hydrogen (secondary N) is 1. The summed E-state index contributed by atoms with van der Waals surface area (Å²) in [6, 6.07) is 10.8. The number of aromatic nitrogens is 1. The van der Waals surface area contributed by atoms with E-state index in [1.54, 1.807) is 18.3 Å². The third-order valence-corrected chi connectivity index (χ3v) is 3.06. The fourth-order valence-electron chi connectivity index (χ4n) is 2.01.